The third kappa shape index (κ3) is 3.47. The van der Waals surface area contributed by atoms with Crippen molar-refractivity contribution in [1.29, 1.82) is 0 Å². The molecule has 21 heavy (non-hydrogen) atoms. The first kappa shape index (κ1) is 16.9. The molecule has 3 unspecified atom stereocenters. The molecule has 2 nitrogen and oxygen atoms in total. The number of alkyl halides is 1. The van der Waals surface area contributed by atoms with E-state index in [1.54, 1.807) is 0 Å². The first-order valence-corrected chi connectivity index (χ1v) is 9.33. The summed E-state index contributed by atoms with van der Waals surface area (Å²) < 4.78 is 2.36. The van der Waals surface area contributed by atoms with E-state index in [0.29, 0.717) is 6.04 Å². The summed E-state index contributed by atoms with van der Waals surface area (Å²) in [6.45, 7) is 8.94. The minimum Gasteiger partial charge on any atom is -0.266 e. The van der Waals surface area contributed by atoms with E-state index in [1.165, 1.54) is 49.1 Å². The number of nitrogens with zero attached hydrogens (tertiary/aromatic N) is 2. The van der Waals surface area contributed by atoms with Crippen LogP contribution in [0.25, 0.3) is 0 Å². The Morgan fingerprint density at radius 2 is 1.95 bits per heavy atom. The maximum Gasteiger partial charge on any atom is 0.0671 e. The monoisotopic (exact) mass is 310 g/mol. The summed E-state index contributed by atoms with van der Waals surface area (Å²) in [5, 5.41) is 5.11. The summed E-state index contributed by atoms with van der Waals surface area (Å²) in [5.74, 6) is 0.879. The van der Waals surface area contributed by atoms with E-state index < -0.39 is 0 Å². The summed E-state index contributed by atoms with van der Waals surface area (Å²) in [4.78, 5) is 0. The summed E-state index contributed by atoms with van der Waals surface area (Å²) in [7, 11) is 0. The lowest BCUT2D eigenvalue weighted by atomic mass is 9.84. The molecule has 1 fully saturated rings. The summed E-state index contributed by atoms with van der Waals surface area (Å²) in [6, 6.07) is 0.596. The van der Waals surface area contributed by atoms with Crippen molar-refractivity contribution < 1.29 is 0 Å². The van der Waals surface area contributed by atoms with Crippen molar-refractivity contribution in [2.45, 2.75) is 90.5 Å². The SMILES string of the molecule is CCc1nn(C2CCCC(CC)C2)c(CC)c1C(Cl)CC. The molecule has 1 aliphatic carbocycles. The molecule has 1 aromatic heterocycles. The molecule has 2 rings (SSSR count). The fraction of sp³-hybridized carbons (Fsp3) is 0.833. The van der Waals surface area contributed by atoms with Gasteiger partial charge in [0.2, 0.25) is 0 Å². The highest BCUT2D eigenvalue weighted by Crippen LogP contribution is 2.38. The standard InChI is InChI=1S/C18H31ClN2/c1-5-13-10-9-11-14(12-13)21-17(8-4)18(15(19)6-2)16(7-3)20-21/h13-15H,5-12H2,1-4H3. The first-order valence-electron chi connectivity index (χ1n) is 8.90. The van der Waals surface area contributed by atoms with E-state index in [0.717, 1.165) is 25.2 Å². The zero-order valence-electron chi connectivity index (χ0n) is 14.2. The lowest BCUT2D eigenvalue weighted by Gasteiger charge is -2.30. The van der Waals surface area contributed by atoms with Crippen molar-refractivity contribution in [2.24, 2.45) is 5.92 Å². The van der Waals surface area contributed by atoms with E-state index in [1.807, 2.05) is 0 Å². The van der Waals surface area contributed by atoms with Crippen LogP contribution in [0.15, 0.2) is 0 Å². The van der Waals surface area contributed by atoms with Crippen molar-refractivity contribution in [3.8, 4) is 0 Å². The maximum absolute atomic E-state index is 6.61. The van der Waals surface area contributed by atoms with Gasteiger partial charge in [-0.15, -0.1) is 11.6 Å². The molecule has 3 heteroatoms. The van der Waals surface area contributed by atoms with Crippen LogP contribution in [-0.2, 0) is 12.8 Å². The van der Waals surface area contributed by atoms with Gasteiger partial charge in [0, 0.05) is 11.3 Å². The van der Waals surface area contributed by atoms with Gasteiger partial charge in [0.1, 0.15) is 0 Å². The van der Waals surface area contributed by atoms with Crippen LogP contribution in [-0.4, -0.2) is 9.78 Å². The summed E-state index contributed by atoms with van der Waals surface area (Å²) >= 11 is 6.61. The second-order valence-corrected chi connectivity index (χ2v) is 6.96. The van der Waals surface area contributed by atoms with Crippen molar-refractivity contribution >= 4 is 11.6 Å². The predicted octanol–water partition coefficient (Wildman–Crippen LogP) is 5.84. The number of aryl methyl sites for hydroxylation is 1. The molecule has 0 aliphatic heterocycles. The maximum atomic E-state index is 6.61. The summed E-state index contributed by atoms with van der Waals surface area (Å²) in [5.41, 5.74) is 3.96. The van der Waals surface area contributed by atoms with E-state index in [2.05, 4.69) is 32.4 Å². The second-order valence-electron chi connectivity index (χ2n) is 6.43. The molecule has 0 saturated heterocycles. The highest BCUT2D eigenvalue weighted by Gasteiger charge is 2.28. The zero-order chi connectivity index (χ0) is 15.4. The number of halogens is 1. The van der Waals surface area contributed by atoms with Crippen LogP contribution < -0.4 is 0 Å². The van der Waals surface area contributed by atoms with Crippen molar-refractivity contribution in [1.82, 2.24) is 9.78 Å². The molecule has 0 N–H and O–H groups in total. The van der Waals surface area contributed by atoms with Crippen LogP contribution >= 0.6 is 11.6 Å². The molecular weight excluding hydrogens is 280 g/mol. The Morgan fingerprint density at radius 1 is 1.19 bits per heavy atom. The average molecular weight is 311 g/mol. The Bertz CT molecular complexity index is 452. The Kier molecular flexibility index (Phi) is 6.16. The third-order valence-electron chi connectivity index (χ3n) is 5.15. The van der Waals surface area contributed by atoms with Crippen LogP contribution in [0, 0.1) is 5.92 Å². The second kappa shape index (κ2) is 7.67. The van der Waals surface area contributed by atoms with Gasteiger partial charge < -0.3 is 0 Å². The molecule has 1 heterocycles. The Hall–Kier alpha value is -0.500. The van der Waals surface area contributed by atoms with Gasteiger partial charge in [-0.1, -0.05) is 47.0 Å². The minimum atomic E-state index is 0.120. The van der Waals surface area contributed by atoms with Gasteiger partial charge in [-0.25, -0.2) is 0 Å². The quantitative estimate of drug-likeness (QED) is 0.604. The van der Waals surface area contributed by atoms with Gasteiger partial charge >= 0.3 is 0 Å². The predicted molar refractivity (Wildman–Crippen MR) is 91.2 cm³/mol. The van der Waals surface area contributed by atoms with Gasteiger partial charge in [-0.2, -0.15) is 5.10 Å². The normalized spacial score (nSPS) is 24.2. The van der Waals surface area contributed by atoms with Gasteiger partial charge in [-0.3, -0.25) is 4.68 Å². The van der Waals surface area contributed by atoms with Crippen LogP contribution in [0.2, 0.25) is 0 Å². The molecule has 1 aromatic rings. The molecule has 0 aromatic carbocycles. The molecule has 3 atom stereocenters. The van der Waals surface area contributed by atoms with Crippen LogP contribution in [0.1, 0.15) is 94.6 Å². The molecule has 0 spiro atoms. The van der Waals surface area contributed by atoms with E-state index in [-0.39, 0.29) is 5.38 Å². The zero-order valence-corrected chi connectivity index (χ0v) is 14.9. The molecule has 1 aliphatic rings. The molecule has 0 bridgehead atoms. The van der Waals surface area contributed by atoms with E-state index >= 15 is 0 Å². The van der Waals surface area contributed by atoms with Gasteiger partial charge in [0.05, 0.1) is 17.1 Å². The average Bonchev–Trinajstić information content (AvgIpc) is 2.92. The number of rotatable bonds is 6. The van der Waals surface area contributed by atoms with Crippen molar-refractivity contribution in [3.05, 3.63) is 17.0 Å². The molecular formula is C18H31ClN2. The largest absolute Gasteiger partial charge is 0.266 e. The first-order chi connectivity index (χ1) is 10.2. The Labute approximate surface area is 135 Å². The van der Waals surface area contributed by atoms with Gasteiger partial charge in [0.15, 0.2) is 0 Å². The Balaban J connectivity index is 2.36. The minimum absolute atomic E-state index is 0.120. The number of hydrogen-bond donors (Lipinski definition) is 0. The molecule has 120 valence electrons. The van der Waals surface area contributed by atoms with Gasteiger partial charge in [-0.05, 0) is 38.0 Å². The highest BCUT2D eigenvalue weighted by atomic mass is 35.5. The highest BCUT2D eigenvalue weighted by molar-refractivity contribution is 6.21. The van der Waals surface area contributed by atoms with Crippen molar-refractivity contribution in [3.63, 3.8) is 0 Å². The number of hydrogen-bond acceptors (Lipinski definition) is 1. The van der Waals surface area contributed by atoms with Crippen LogP contribution in [0.5, 0.6) is 0 Å². The molecule has 0 radical (unpaired) electrons. The third-order valence-corrected chi connectivity index (χ3v) is 5.67. The van der Waals surface area contributed by atoms with Crippen LogP contribution in [0.4, 0.5) is 0 Å². The summed E-state index contributed by atoms with van der Waals surface area (Å²) in [6.07, 6.45) is 9.65. The fourth-order valence-corrected chi connectivity index (χ4v) is 4.12. The van der Waals surface area contributed by atoms with E-state index in [9.17, 15) is 0 Å². The molecule has 1 saturated carbocycles. The Morgan fingerprint density at radius 3 is 2.52 bits per heavy atom. The lowest BCUT2D eigenvalue weighted by molar-refractivity contribution is 0.243. The topological polar surface area (TPSA) is 17.8 Å². The van der Waals surface area contributed by atoms with E-state index in [4.69, 9.17) is 16.7 Å². The van der Waals surface area contributed by atoms with Crippen molar-refractivity contribution in [2.75, 3.05) is 0 Å². The molecule has 0 amide bonds. The van der Waals surface area contributed by atoms with Gasteiger partial charge in [0.25, 0.3) is 0 Å². The fourth-order valence-electron chi connectivity index (χ4n) is 3.87. The lowest BCUT2D eigenvalue weighted by Crippen LogP contribution is -2.21. The number of aromatic nitrogens is 2. The smallest absolute Gasteiger partial charge is 0.0671 e. The van der Waals surface area contributed by atoms with Crippen LogP contribution in [0.3, 0.4) is 0 Å².